The van der Waals surface area contributed by atoms with Crippen molar-refractivity contribution in [1.82, 2.24) is 15.0 Å². The lowest BCUT2D eigenvalue weighted by Gasteiger charge is -2.05. The van der Waals surface area contributed by atoms with Crippen molar-refractivity contribution in [3.63, 3.8) is 0 Å². The molecule has 0 aromatic carbocycles. The number of primary amides is 1. The highest BCUT2D eigenvalue weighted by atomic mass is 19.3. The lowest BCUT2D eigenvalue weighted by atomic mass is 10.2. The van der Waals surface area contributed by atoms with E-state index in [0.29, 0.717) is 5.69 Å². The van der Waals surface area contributed by atoms with Crippen molar-refractivity contribution in [2.45, 2.75) is 26.0 Å². The number of nitrogens with zero attached hydrogens (tertiary/aromatic N) is 3. The van der Waals surface area contributed by atoms with Gasteiger partial charge in [-0.05, 0) is 0 Å². The molecule has 0 unspecified atom stereocenters. The lowest BCUT2D eigenvalue weighted by molar-refractivity contribution is -0.117. The number of halogens is 2. The molecular formula is C8H12F2N4O2. The number of hydrogen-bond acceptors (Lipinski definition) is 4. The number of hydrogen-bond donors (Lipinski definition) is 1. The second kappa shape index (κ2) is 5.50. The van der Waals surface area contributed by atoms with E-state index in [1.165, 1.54) is 7.11 Å². The van der Waals surface area contributed by atoms with Gasteiger partial charge in [-0.1, -0.05) is 5.21 Å². The third-order valence-corrected chi connectivity index (χ3v) is 1.85. The van der Waals surface area contributed by atoms with Crippen LogP contribution in [-0.4, -0.2) is 34.4 Å². The molecule has 1 aromatic rings. The van der Waals surface area contributed by atoms with Crippen molar-refractivity contribution in [2.75, 3.05) is 7.11 Å². The van der Waals surface area contributed by atoms with E-state index >= 15 is 0 Å². The monoisotopic (exact) mass is 234 g/mol. The minimum atomic E-state index is -2.54. The summed E-state index contributed by atoms with van der Waals surface area (Å²) in [5, 5.41) is 7.15. The van der Waals surface area contributed by atoms with E-state index in [2.05, 4.69) is 10.3 Å². The fraction of sp³-hybridized carbons (Fsp3) is 0.625. The van der Waals surface area contributed by atoms with E-state index < -0.39 is 18.9 Å². The van der Waals surface area contributed by atoms with Crippen LogP contribution in [0.15, 0.2) is 0 Å². The largest absolute Gasteiger partial charge is 0.378 e. The van der Waals surface area contributed by atoms with Gasteiger partial charge in [-0.15, -0.1) is 5.10 Å². The molecule has 16 heavy (non-hydrogen) atoms. The van der Waals surface area contributed by atoms with Gasteiger partial charge in [0.25, 0.3) is 6.43 Å². The van der Waals surface area contributed by atoms with Crippen LogP contribution in [0.3, 0.4) is 0 Å². The van der Waals surface area contributed by atoms with E-state index in [0.717, 1.165) is 4.68 Å². The van der Waals surface area contributed by atoms with Gasteiger partial charge in [-0.3, -0.25) is 4.79 Å². The highest BCUT2D eigenvalue weighted by molar-refractivity contribution is 5.76. The summed E-state index contributed by atoms with van der Waals surface area (Å²) in [4.78, 5) is 10.7. The Kier molecular flexibility index (Phi) is 4.29. The molecule has 8 heteroatoms. The predicted octanol–water partition coefficient (Wildman–Crippen LogP) is -0.283. The average Bonchev–Trinajstić information content (AvgIpc) is 2.49. The molecule has 1 rings (SSSR count). The predicted molar refractivity (Wildman–Crippen MR) is 49.6 cm³/mol. The lowest BCUT2D eigenvalue weighted by Crippen LogP contribution is -2.17. The van der Waals surface area contributed by atoms with Gasteiger partial charge < -0.3 is 10.5 Å². The van der Waals surface area contributed by atoms with E-state index in [4.69, 9.17) is 10.5 Å². The second-order valence-corrected chi connectivity index (χ2v) is 3.13. The summed E-state index contributed by atoms with van der Waals surface area (Å²) < 4.78 is 30.2. The van der Waals surface area contributed by atoms with E-state index in [-0.39, 0.29) is 18.7 Å². The summed E-state index contributed by atoms with van der Waals surface area (Å²) >= 11 is 0. The Labute approximate surface area is 90.4 Å². The molecule has 0 aliphatic carbocycles. The van der Waals surface area contributed by atoms with Gasteiger partial charge in [0.2, 0.25) is 5.91 Å². The number of rotatable bonds is 6. The van der Waals surface area contributed by atoms with Crippen molar-refractivity contribution in [1.29, 1.82) is 0 Å². The smallest absolute Gasteiger partial charge is 0.257 e. The molecule has 90 valence electrons. The van der Waals surface area contributed by atoms with Crippen LogP contribution in [0.25, 0.3) is 0 Å². The Morgan fingerprint density at radius 1 is 1.62 bits per heavy atom. The molecule has 0 atom stereocenters. The number of methoxy groups -OCH3 is 1. The fourth-order valence-corrected chi connectivity index (χ4v) is 1.24. The Balaban J connectivity index is 2.91. The number of nitrogens with two attached hydrogens (primary N) is 1. The Morgan fingerprint density at radius 3 is 2.81 bits per heavy atom. The zero-order valence-corrected chi connectivity index (χ0v) is 8.69. The topological polar surface area (TPSA) is 83.0 Å². The van der Waals surface area contributed by atoms with Crippen LogP contribution in [0.2, 0.25) is 0 Å². The number of carbonyl (C=O) groups is 1. The highest BCUT2D eigenvalue weighted by Crippen LogP contribution is 2.09. The first-order chi connectivity index (χ1) is 7.54. The fourth-order valence-electron chi connectivity index (χ4n) is 1.24. The SMILES string of the molecule is COCc1c(CC(N)=O)nnn1CC(F)F. The molecule has 0 bridgehead atoms. The van der Waals surface area contributed by atoms with Gasteiger partial charge in [0.05, 0.1) is 24.4 Å². The minimum Gasteiger partial charge on any atom is -0.378 e. The van der Waals surface area contributed by atoms with Gasteiger partial charge in [0.1, 0.15) is 6.54 Å². The van der Waals surface area contributed by atoms with E-state index in [1.807, 2.05) is 0 Å². The van der Waals surface area contributed by atoms with Crippen LogP contribution < -0.4 is 5.73 Å². The summed E-state index contributed by atoms with van der Waals surface area (Å²) in [5.74, 6) is -0.596. The van der Waals surface area contributed by atoms with Gasteiger partial charge in [-0.25, -0.2) is 13.5 Å². The summed E-state index contributed by atoms with van der Waals surface area (Å²) in [6, 6.07) is 0. The molecule has 0 fully saturated rings. The standard InChI is InChI=1S/C8H12F2N4O2/c1-16-4-6-5(2-8(11)15)12-13-14(6)3-7(9)10/h7H,2-4H2,1H3,(H2,11,15). The summed E-state index contributed by atoms with van der Waals surface area (Å²) in [7, 11) is 1.41. The molecule has 0 aliphatic rings. The molecule has 1 aromatic heterocycles. The number of aromatic nitrogens is 3. The summed E-state index contributed by atoms with van der Waals surface area (Å²) in [5.41, 5.74) is 5.62. The first kappa shape index (κ1) is 12.5. The number of ether oxygens (including phenoxy) is 1. The van der Waals surface area contributed by atoms with Crippen LogP contribution in [0.4, 0.5) is 8.78 Å². The Morgan fingerprint density at radius 2 is 2.31 bits per heavy atom. The first-order valence-corrected chi connectivity index (χ1v) is 4.51. The number of amides is 1. The Bertz CT molecular complexity index is 367. The van der Waals surface area contributed by atoms with Gasteiger partial charge >= 0.3 is 0 Å². The van der Waals surface area contributed by atoms with Crippen molar-refractivity contribution >= 4 is 5.91 Å². The quantitative estimate of drug-likeness (QED) is 0.733. The molecule has 0 saturated heterocycles. The van der Waals surface area contributed by atoms with Gasteiger partial charge in [0.15, 0.2) is 0 Å². The molecule has 6 nitrogen and oxygen atoms in total. The third kappa shape index (κ3) is 3.23. The number of carbonyl (C=O) groups excluding carboxylic acids is 1. The molecule has 1 amide bonds. The average molecular weight is 234 g/mol. The van der Waals surface area contributed by atoms with Crippen LogP contribution in [-0.2, 0) is 29.1 Å². The van der Waals surface area contributed by atoms with Crippen molar-refractivity contribution in [3.8, 4) is 0 Å². The second-order valence-electron chi connectivity index (χ2n) is 3.13. The van der Waals surface area contributed by atoms with Gasteiger partial charge in [0, 0.05) is 7.11 Å². The molecule has 0 aliphatic heterocycles. The maximum Gasteiger partial charge on any atom is 0.257 e. The zero-order valence-electron chi connectivity index (χ0n) is 8.69. The normalized spacial score (nSPS) is 11.0. The van der Waals surface area contributed by atoms with Crippen LogP contribution >= 0.6 is 0 Å². The summed E-state index contributed by atoms with van der Waals surface area (Å²) in [6.45, 7) is -0.521. The first-order valence-electron chi connectivity index (χ1n) is 4.51. The molecule has 2 N–H and O–H groups in total. The minimum absolute atomic E-state index is 0.0579. The van der Waals surface area contributed by atoms with Crippen molar-refractivity contribution in [2.24, 2.45) is 5.73 Å². The van der Waals surface area contributed by atoms with Crippen LogP contribution in [0.1, 0.15) is 11.4 Å². The Hall–Kier alpha value is -1.57. The molecular weight excluding hydrogens is 222 g/mol. The van der Waals surface area contributed by atoms with Gasteiger partial charge in [-0.2, -0.15) is 0 Å². The van der Waals surface area contributed by atoms with E-state index in [1.54, 1.807) is 0 Å². The maximum absolute atomic E-state index is 12.2. The maximum atomic E-state index is 12.2. The van der Waals surface area contributed by atoms with Crippen molar-refractivity contribution in [3.05, 3.63) is 11.4 Å². The highest BCUT2D eigenvalue weighted by Gasteiger charge is 2.17. The number of alkyl halides is 2. The zero-order chi connectivity index (χ0) is 12.1. The molecule has 1 heterocycles. The van der Waals surface area contributed by atoms with Crippen LogP contribution in [0.5, 0.6) is 0 Å². The molecule has 0 radical (unpaired) electrons. The van der Waals surface area contributed by atoms with E-state index in [9.17, 15) is 13.6 Å². The molecule has 0 spiro atoms. The van der Waals surface area contributed by atoms with Crippen molar-refractivity contribution < 1.29 is 18.3 Å². The summed E-state index contributed by atoms with van der Waals surface area (Å²) in [6.07, 6.45) is -2.68. The third-order valence-electron chi connectivity index (χ3n) is 1.85. The van der Waals surface area contributed by atoms with Crippen LogP contribution in [0, 0.1) is 0 Å². The molecule has 0 saturated carbocycles.